The van der Waals surface area contributed by atoms with Crippen molar-refractivity contribution in [3.8, 4) is 0 Å². The van der Waals surface area contributed by atoms with Gasteiger partial charge in [-0.2, -0.15) is 0 Å². The lowest BCUT2D eigenvalue weighted by Crippen LogP contribution is -2.35. The van der Waals surface area contributed by atoms with Crippen LogP contribution >= 0.6 is 0 Å². The first-order valence-corrected chi connectivity index (χ1v) is 5.51. The first-order chi connectivity index (χ1) is 8.28. The number of amides is 1. The molecule has 1 rings (SSSR count). The van der Waals surface area contributed by atoms with Crippen molar-refractivity contribution in [2.45, 2.75) is 38.8 Å². The maximum Gasteiger partial charge on any atom is 0.408 e. The smallest absolute Gasteiger partial charge is 0.408 e. The number of hydrogen-bond acceptors (Lipinski definition) is 4. The van der Waals surface area contributed by atoms with E-state index < -0.39 is 23.7 Å². The van der Waals surface area contributed by atoms with E-state index >= 15 is 0 Å². The molecule has 1 heterocycles. The fourth-order valence-electron chi connectivity index (χ4n) is 1.35. The molecule has 2 N–H and O–H groups in total. The zero-order valence-electron chi connectivity index (χ0n) is 10.6. The van der Waals surface area contributed by atoms with Gasteiger partial charge in [-0.05, 0) is 26.8 Å². The minimum atomic E-state index is -1.02. The van der Waals surface area contributed by atoms with Crippen LogP contribution in [0.15, 0.2) is 23.0 Å². The number of nitrogens with one attached hydrogen (secondary N) is 1. The standard InChI is InChI=1S/C12H17NO5/c1-12(2,3)18-11(16)13-9(6-10(14)15)8-4-5-17-7-8/h4-5,7,9H,6H2,1-3H3,(H,13,16)(H,14,15)/t9-/m0/s1. The van der Waals surface area contributed by atoms with Crippen LogP contribution in [-0.2, 0) is 9.53 Å². The molecule has 1 amide bonds. The molecular formula is C12H17NO5. The summed E-state index contributed by atoms with van der Waals surface area (Å²) in [5.41, 5.74) is -0.0444. The largest absolute Gasteiger partial charge is 0.481 e. The van der Waals surface area contributed by atoms with Gasteiger partial charge in [-0.25, -0.2) is 4.79 Å². The van der Waals surface area contributed by atoms with E-state index in [1.165, 1.54) is 12.5 Å². The summed E-state index contributed by atoms with van der Waals surface area (Å²) in [4.78, 5) is 22.3. The number of carboxylic acid groups (broad SMARTS) is 1. The summed E-state index contributed by atoms with van der Waals surface area (Å²) >= 11 is 0. The van der Waals surface area contributed by atoms with Gasteiger partial charge in [-0.1, -0.05) is 0 Å². The summed E-state index contributed by atoms with van der Waals surface area (Å²) in [6.45, 7) is 5.20. The molecule has 0 aliphatic carbocycles. The van der Waals surface area contributed by atoms with E-state index in [0.717, 1.165) is 0 Å². The molecule has 0 unspecified atom stereocenters. The highest BCUT2D eigenvalue weighted by molar-refractivity contribution is 5.72. The second-order valence-corrected chi connectivity index (χ2v) is 4.85. The predicted molar refractivity (Wildman–Crippen MR) is 63.1 cm³/mol. The molecule has 1 aromatic rings. The number of rotatable bonds is 4. The number of furan rings is 1. The zero-order valence-corrected chi connectivity index (χ0v) is 10.6. The lowest BCUT2D eigenvalue weighted by atomic mass is 10.1. The molecule has 0 aromatic carbocycles. The van der Waals surface area contributed by atoms with E-state index in [4.69, 9.17) is 14.3 Å². The number of hydrogen-bond donors (Lipinski definition) is 2. The van der Waals surface area contributed by atoms with Crippen molar-refractivity contribution in [1.29, 1.82) is 0 Å². The molecule has 100 valence electrons. The SMILES string of the molecule is CC(C)(C)OC(=O)N[C@@H](CC(=O)O)c1ccoc1. The Balaban J connectivity index is 2.68. The third-order valence-electron chi connectivity index (χ3n) is 2.02. The predicted octanol–water partition coefficient (Wildman–Crippen LogP) is 2.32. The molecule has 0 aliphatic heterocycles. The Bertz CT molecular complexity index is 405. The van der Waals surface area contributed by atoms with Crippen molar-refractivity contribution < 1.29 is 23.8 Å². The third-order valence-corrected chi connectivity index (χ3v) is 2.02. The molecule has 1 atom stereocenters. The van der Waals surface area contributed by atoms with Crippen LogP contribution in [0.3, 0.4) is 0 Å². The first kappa shape index (κ1) is 14.1. The first-order valence-electron chi connectivity index (χ1n) is 5.51. The molecule has 6 nitrogen and oxygen atoms in total. The van der Waals surface area contributed by atoms with Gasteiger partial charge in [-0.15, -0.1) is 0 Å². The molecule has 1 aromatic heterocycles. The topological polar surface area (TPSA) is 88.8 Å². The Hall–Kier alpha value is -1.98. The molecule has 0 aliphatic rings. The lowest BCUT2D eigenvalue weighted by Gasteiger charge is -2.22. The Labute approximate surface area is 105 Å². The highest BCUT2D eigenvalue weighted by Gasteiger charge is 2.22. The minimum absolute atomic E-state index is 0.237. The Morgan fingerprint density at radius 2 is 2.17 bits per heavy atom. The highest BCUT2D eigenvalue weighted by atomic mass is 16.6. The van der Waals surface area contributed by atoms with E-state index in [-0.39, 0.29) is 6.42 Å². The summed E-state index contributed by atoms with van der Waals surface area (Å²) in [7, 11) is 0. The molecule has 0 spiro atoms. The summed E-state index contributed by atoms with van der Waals surface area (Å²) in [6.07, 6.45) is 1.92. The number of carbonyl (C=O) groups excluding carboxylic acids is 1. The fourth-order valence-corrected chi connectivity index (χ4v) is 1.35. The Morgan fingerprint density at radius 1 is 1.50 bits per heavy atom. The van der Waals surface area contributed by atoms with Gasteiger partial charge >= 0.3 is 12.1 Å². The average Bonchev–Trinajstić information content (AvgIpc) is 2.64. The second kappa shape index (κ2) is 5.57. The Kier molecular flexibility index (Phi) is 4.36. The zero-order chi connectivity index (χ0) is 13.8. The van der Waals surface area contributed by atoms with E-state index in [2.05, 4.69) is 5.32 Å². The van der Waals surface area contributed by atoms with Crippen molar-refractivity contribution in [1.82, 2.24) is 5.32 Å². The van der Waals surface area contributed by atoms with Crippen LogP contribution in [0, 0.1) is 0 Å². The number of carbonyl (C=O) groups is 2. The van der Waals surface area contributed by atoms with Crippen LogP contribution in [0.2, 0.25) is 0 Å². The monoisotopic (exact) mass is 255 g/mol. The summed E-state index contributed by atoms with van der Waals surface area (Å²) in [5.74, 6) is -1.02. The van der Waals surface area contributed by atoms with Crippen molar-refractivity contribution in [3.63, 3.8) is 0 Å². The molecule has 6 heteroatoms. The van der Waals surface area contributed by atoms with Gasteiger partial charge in [0, 0.05) is 5.56 Å². The maximum absolute atomic E-state index is 11.6. The van der Waals surface area contributed by atoms with Crippen LogP contribution in [0.4, 0.5) is 4.79 Å². The lowest BCUT2D eigenvalue weighted by molar-refractivity contribution is -0.137. The summed E-state index contributed by atoms with van der Waals surface area (Å²) < 4.78 is 9.95. The second-order valence-electron chi connectivity index (χ2n) is 4.85. The molecule has 0 fully saturated rings. The van der Waals surface area contributed by atoms with Gasteiger partial charge in [0.25, 0.3) is 0 Å². The van der Waals surface area contributed by atoms with Gasteiger partial charge in [0.2, 0.25) is 0 Å². The number of ether oxygens (including phenoxy) is 1. The van der Waals surface area contributed by atoms with Crippen molar-refractivity contribution >= 4 is 12.1 Å². The van der Waals surface area contributed by atoms with Crippen LogP contribution in [-0.4, -0.2) is 22.8 Å². The van der Waals surface area contributed by atoms with Crippen molar-refractivity contribution in [3.05, 3.63) is 24.2 Å². The fraction of sp³-hybridized carbons (Fsp3) is 0.500. The minimum Gasteiger partial charge on any atom is -0.481 e. The number of aliphatic carboxylic acids is 1. The Morgan fingerprint density at radius 3 is 2.61 bits per heavy atom. The van der Waals surface area contributed by atoms with Crippen LogP contribution in [0.1, 0.15) is 38.8 Å². The van der Waals surface area contributed by atoms with Gasteiger partial charge in [0.15, 0.2) is 0 Å². The van der Waals surface area contributed by atoms with Crippen LogP contribution in [0.25, 0.3) is 0 Å². The molecule has 0 bridgehead atoms. The van der Waals surface area contributed by atoms with Crippen molar-refractivity contribution in [2.24, 2.45) is 0 Å². The van der Waals surface area contributed by atoms with Crippen molar-refractivity contribution in [2.75, 3.05) is 0 Å². The molecular weight excluding hydrogens is 238 g/mol. The van der Waals surface area contributed by atoms with Crippen LogP contribution in [0.5, 0.6) is 0 Å². The van der Waals surface area contributed by atoms with Gasteiger partial charge in [-0.3, -0.25) is 4.79 Å². The van der Waals surface area contributed by atoms with Gasteiger partial charge in [0.1, 0.15) is 5.60 Å². The van der Waals surface area contributed by atoms with E-state index in [1.54, 1.807) is 26.8 Å². The highest BCUT2D eigenvalue weighted by Crippen LogP contribution is 2.18. The van der Waals surface area contributed by atoms with E-state index in [0.29, 0.717) is 5.56 Å². The van der Waals surface area contributed by atoms with Gasteiger partial charge < -0.3 is 19.6 Å². The van der Waals surface area contributed by atoms with E-state index in [9.17, 15) is 9.59 Å². The van der Waals surface area contributed by atoms with E-state index in [1.807, 2.05) is 0 Å². The molecule has 18 heavy (non-hydrogen) atoms. The third kappa shape index (κ3) is 4.90. The molecule has 0 radical (unpaired) electrons. The average molecular weight is 255 g/mol. The summed E-state index contributed by atoms with van der Waals surface area (Å²) in [6, 6.07) is 0.932. The normalized spacial score (nSPS) is 12.8. The molecule has 0 saturated heterocycles. The van der Waals surface area contributed by atoms with Gasteiger partial charge in [0.05, 0.1) is 25.0 Å². The molecule has 0 saturated carbocycles. The quantitative estimate of drug-likeness (QED) is 0.861. The van der Waals surface area contributed by atoms with Crippen LogP contribution < -0.4 is 5.32 Å². The number of alkyl carbamates (subject to hydrolysis) is 1. The summed E-state index contributed by atoms with van der Waals surface area (Å²) in [5, 5.41) is 11.3. The number of carboxylic acids is 1. The maximum atomic E-state index is 11.6.